The molecule has 8 heteroatoms. The largest absolute Gasteiger partial charge is 0.481 e. The number of carbonyl (C=O) groups is 1. The number of halogens is 3. The number of hydrogen-bond donors (Lipinski definition) is 1. The summed E-state index contributed by atoms with van der Waals surface area (Å²) in [6, 6.07) is 0. The van der Waals surface area contributed by atoms with Gasteiger partial charge in [0.1, 0.15) is 0 Å². The van der Waals surface area contributed by atoms with E-state index < -0.39 is 18.6 Å². The van der Waals surface area contributed by atoms with Crippen molar-refractivity contribution >= 4 is 5.97 Å². The van der Waals surface area contributed by atoms with Crippen molar-refractivity contribution in [2.45, 2.75) is 51.2 Å². The Morgan fingerprint density at radius 1 is 1.32 bits per heavy atom. The number of carboxylic acids is 1. The molecule has 1 heterocycles. The standard InChI is InChI=1S/C11H16F3N3O2/c12-11(13,14)6-3-7-17-8-9(15-16-17)4-1-2-5-10(18)19/h8H,1-7H2,(H,18,19). The van der Waals surface area contributed by atoms with Gasteiger partial charge in [0, 0.05) is 25.6 Å². The van der Waals surface area contributed by atoms with E-state index >= 15 is 0 Å². The van der Waals surface area contributed by atoms with Gasteiger partial charge in [-0.15, -0.1) is 5.10 Å². The molecule has 0 fully saturated rings. The third-order valence-corrected chi connectivity index (χ3v) is 2.51. The molecule has 5 nitrogen and oxygen atoms in total. The van der Waals surface area contributed by atoms with Crippen molar-refractivity contribution in [1.29, 1.82) is 0 Å². The SMILES string of the molecule is O=C(O)CCCCc1cn(CCCC(F)(F)F)nn1. The molecule has 0 spiro atoms. The van der Waals surface area contributed by atoms with Crippen LogP contribution in [0.4, 0.5) is 13.2 Å². The van der Waals surface area contributed by atoms with Gasteiger partial charge in [-0.1, -0.05) is 5.21 Å². The lowest BCUT2D eigenvalue weighted by atomic mass is 10.1. The van der Waals surface area contributed by atoms with Gasteiger partial charge >= 0.3 is 12.1 Å². The van der Waals surface area contributed by atoms with Crippen LogP contribution in [0.1, 0.15) is 37.8 Å². The first-order chi connectivity index (χ1) is 8.87. The molecule has 0 aliphatic carbocycles. The summed E-state index contributed by atoms with van der Waals surface area (Å²) in [6.45, 7) is 0.182. The number of aliphatic carboxylic acids is 1. The fourth-order valence-electron chi connectivity index (χ4n) is 1.59. The average Bonchev–Trinajstić information content (AvgIpc) is 2.70. The van der Waals surface area contributed by atoms with E-state index in [9.17, 15) is 18.0 Å². The summed E-state index contributed by atoms with van der Waals surface area (Å²) in [5.74, 6) is -0.837. The first-order valence-electron chi connectivity index (χ1n) is 6.04. The second kappa shape index (κ2) is 7.10. The molecule has 0 atom stereocenters. The van der Waals surface area contributed by atoms with Crippen LogP contribution in [0.3, 0.4) is 0 Å². The molecule has 0 saturated carbocycles. The predicted octanol–water partition coefficient (Wildman–Crippen LogP) is 2.42. The third-order valence-electron chi connectivity index (χ3n) is 2.51. The Morgan fingerprint density at radius 2 is 2.05 bits per heavy atom. The van der Waals surface area contributed by atoms with Crippen molar-refractivity contribution in [3.63, 3.8) is 0 Å². The van der Waals surface area contributed by atoms with E-state index in [2.05, 4.69) is 10.3 Å². The maximum atomic E-state index is 11.9. The van der Waals surface area contributed by atoms with Crippen LogP contribution in [-0.4, -0.2) is 32.2 Å². The number of unbranched alkanes of at least 4 members (excludes halogenated alkanes) is 1. The van der Waals surface area contributed by atoms with Crippen molar-refractivity contribution in [2.75, 3.05) is 0 Å². The molecule has 0 unspecified atom stereocenters. The van der Waals surface area contributed by atoms with Crippen LogP contribution in [0.15, 0.2) is 6.20 Å². The number of carboxylic acid groups (broad SMARTS) is 1. The minimum Gasteiger partial charge on any atom is -0.481 e. The summed E-state index contributed by atoms with van der Waals surface area (Å²) in [7, 11) is 0. The highest BCUT2D eigenvalue weighted by Gasteiger charge is 2.26. The summed E-state index contributed by atoms with van der Waals surface area (Å²) in [5, 5.41) is 16.0. The lowest BCUT2D eigenvalue weighted by Crippen LogP contribution is -2.09. The van der Waals surface area contributed by atoms with Gasteiger partial charge in [0.05, 0.1) is 5.69 Å². The zero-order valence-corrected chi connectivity index (χ0v) is 10.4. The molecule has 0 amide bonds. The van der Waals surface area contributed by atoms with E-state index in [1.807, 2.05) is 0 Å². The highest BCUT2D eigenvalue weighted by Crippen LogP contribution is 2.21. The molecule has 0 aromatic carbocycles. The third kappa shape index (κ3) is 7.43. The molecule has 0 aliphatic rings. The molecule has 1 aromatic heterocycles. The van der Waals surface area contributed by atoms with Crippen LogP contribution >= 0.6 is 0 Å². The molecule has 0 saturated heterocycles. The number of nitrogens with zero attached hydrogens (tertiary/aromatic N) is 3. The van der Waals surface area contributed by atoms with Crippen LogP contribution in [0, 0.1) is 0 Å². The van der Waals surface area contributed by atoms with Crippen molar-refractivity contribution in [3.05, 3.63) is 11.9 Å². The fourth-order valence-corrected chi connectivity index (χ4v) is 1.59. The first-order valence-corrected chi connectivity index (χ1v) is 6.04. The van der Waals surface area contributed by atoms with E-state index in [0.29, 0.717) is 25.0 Å². The van der Waals surface area contributed by atoms with E-state index in [1.165, 1.54) is 4.68 Å². The molecule has 108 valence electrons. The maximum Gasteiger partial charge on any atom is 0.389 e. The van der Waals surface area contributed by atoms with Gasteiger partial charge < -0.3 is 5.11 Å². The Morgan fingerprint density at radius 3 is 2.68 bits per heavy atom. The highest BCUT2D eigenvalue weighted by atomic mass is 19.4. The summed E-state index contributed by atoms with van der Waals surface area (Å²) < 4.78 is 37.2. The number of aryl methyl sites for hydroxylation is 2. The number of rotatable bonds is 8. The first kappa shape index (κ1) is 15.5. The minimum atomic E-state index is -4.14. The Balaban J connectivity index is 2.22. The van der Waals surface area contributed by atoms with Crippen molar-refractivity contribution < 1.29 is 23.1 Å². The van der Waals surface area contributed by atoms with Crippen LogP contribution in [0.25, 0.3) is 0 Å². The summed E-state index contributed by atoms with van der Waals surface area (Å²) in [4.78, 5) is 10.3. The smallest absolute Gasteiger partial charge is 0.389 e. The topological polar surface area (TPSA) is 68.0 Å². The molecule has 0 bridgehead atoms. The molecule has 1 rings (SSSR count). The molecular formula is C11H16F3N3O2. The van der Waals surface area contributed by atoms with Crippen LogP contribution in [-0.2, 0) is 17.8 Å². The maximum absolute atomic E-state index is 11.9. The van der Waals surface area contributed by atoms with Gasteiger partial charge in [-0.3, -0.25) is 9.48 Å². The monoisotopic (exact) mass is 279 g/mol. The molecule has 1 N–H and O–H groups in total. The van der Waals surface area contributed by atoms with E-state index in [0.717, 1.165) is 0 Å². The quantitative estimate of drug-likeness (QED) is 0.742. The minimum absolute atomic E-state index is 0.0225. The van der Waals surface area contributed by atoms with E-state index in [-0.39, 0.29) is 19.4 Å². The van der Waals surface area contributed by atoms with Crippen LogP contribution in [0.2, 0.25) is 0 Å². The van der Waals surface area contributed by atoms with Gasteiger partial charge in [0.2, 0.25) is 0 Å². The molecule has 1 aromatic rings. The van der Waals surface area contributed by atoms with Gasteiger partial charge in [-0.05, 0) is 25.7 Å². The second-order valence-electron chi connectivity index (χ2n) is 4.29. The zero-order chi connectivity index (χ0) is 14.3. The average molecular weight is 279 g/mol. The number of hydrogen-bond acceptors (Lipinski definition) is 3. The Labute approximate surface area is 108 Å². The van der Waals surface area contributed by atoms with Crippen LogP contribution in [0.5, 0.6) is 0 Å². The fraction of sp³-hybridized carbons (Fsp3) is 0.727. The zero-order valence-electron chi connectivity index (χ0n) is 10.4. The van der Waals surface area contributed by atoms with Gasteiger partial charge in [-0.2, -0.15) is 13.2 Å². The Hall–Kier alpha value is -1.60. The molecule has 19 heavy (non-hydrogen) atoms. The van der Waals surface area contributed by atoms with Gasteiger partial charge in [0.15, 0.2) is 0 Å². The predicted molar refractivity (Wildman–Crippen MR) is 60.5 cm³/mol. The van der Waals surface area contributed by atoms with Gasteiger partial charge in [0.25, 0.3) is 0 Å². The number of aromatic nitrogens is 3. The van der Waals surface area contributed by atoms with Gasteiger partial charge in [-0.25, -0.2) is 0 Å². The summed E-state index contributed by atoms with van der Waals surface area (Å²) >= 11 is 0. The number of alkyl halides is 3. The van der Waals surface area contributed by atoms with Crippen molar-refractivity contribution in [3.8, 4) is 0 Å². The summed E-state index contributed by atoms with van der Waals surface area (Å²) in [5.41, 5.74) is 0.678. The Bertz CT molecular complexity index is 404. The lowest BCUT2D eigenvalue weighted by molar-refractivity contribution is -0.137. The molecule has 0 aliphatic heterocycles. The normalized spacial score (nSPS) is 11.7. The molecule has 0 radical (unpaired) electrons. The van der Waals surface area contributed by atoms with Crippen molar-refractivity contribution in [2.24, 2.45) is 0 Å². The highest BCUT2D eigenvalue weighted by molar-refractivity contribution is 5.66. The van der Waals surface area contributed by atoms with Crippen molar-refractivity contribution in [1.82, 2.24) is 15.0 Å². The second-order valence-corrected chi connectivity index (χ2v) is 4.29. The van der Waals surface area contributed by atoms with Crippen LogP contribution < -0.4 is 0 Å². The molecular weight excluding hydrogens is 263 g/mol. The van der Waals surface area contributed by atoms with E-state index in [1.54, 1.807) is 6.20 Å². The Kier molecular flexibility index (Phi) is 5.78. The van der Waals surface area contributed by atoms with E-state index in [4.69, 9.17) is 5.11 Å². The summed E-state index contributed by atoms with van der Waals surface area (Å²) in [6.07, 6.45) is -1.46. The lowest BCUT2D eigenvalue weighted by Gasteiger charge is -2.04.